The highest BCUT2D eigenvalue weighted by molar-refractivity contribution is 5.85. The summed E-state index contributed by atoms with van der Waals surface area (Å²) in [5.74, 6) is -1.17. The number of rotatable bonds is 6. The van der Waals surface area contributed by atoms with Gasteiger partial charge in [0.25, 0.3) is 0 Å². The first kappa shape index (κ1) is 14.4. The molecule has 2 N–H and O–H groups in total. The maximum atomic E-state index is 11.7. The summed E-state index contributed by atoms with van der Waals surface area (Å²) in [7, 11) is 0. The number of aliphatic carboxylic acids is 1. The van der Waals surface area contributed by atoms with E-state index in [4.69, 9.17) is 5.11 Å². The molecule has 1 aromatic carbocycles. The minimum absolute atomic E-state index is 0.110. The van der Waals surface area contributed by atoms with Gasteiger partial charge in [-0.1, -0.05) is 23.4 Å². The lowest BCUT2D eigenvalue weighted by atomic mass is 10.1. The van der Waals surface area contributed by atoms with Crippen molar-refractivity contribution < 1.29 is 14.7 Å². The van der Waals surface area contributed by atoms with Gasteiger partial charge in [0.15, 0.2) is 0 Å². The van der Waals surface area contributed by atoms with Crippen molar-refractivity contribution in [2.24, 2.45) is 0 Å². The Labute approximate surface area is 120 Å². The number of nitrogens with zero attached hydrogens (tertiary/aromatic N) is 3. The van der Waals surface area contributed by atoms with Crippen molar-refractivity contribution in [3.05, 3.63) is 53.9 Å². The van der Waals surface area contributed by atoms with E-state index >= 15 is 0 Å². The van der Waals surface area contributed by atoms with Crippen LogP contribution in [-0.4, -0.2) is 32.0 Å². The molecule has 0 aliphatic rings. The molecule has 1 heterocycles. The Morgan fingerprint density at radius 3 is 2.95 bits per heavy atom. The fraction of sp³-hybridized carbons (Fsp3) is 0.143. The van der Waals surface area contributed by atoms with Crippen LogP contribution in [0.4, 0.5) is 0 Å². The van der Waals surface area contributed by atoms with E-state index in [1.165, 1.54) is 17.0 Å². The highest BCUT2D eigenvalue weighted by Crippen LogP contribution is 2.07. The molecule has 1 aromatic heterocycles. The number of aromatic nitrogens is 3. The van der Waals surface area contributed by atoms with Crippen molar-refractivity contribution in [2.75, 3.05) is 0 Å². The largest absolute Gasteiger partial charge is 0.478 e. The molecule has 2 aromatic rings. The van der Waals surface area contributed by atoms with E-state index in [0.29, 0.717) is 6.54 Å². The summed E-state index contributed by atoms with van der Waals surface area (Å²) >= 11 is 0. The summed E-state index contributed by atoms with van der Waals surface area (Å²) in [5.41, 5.74) is 1.65. The molecule has 21 heavy (non-hydrogen) atoms. The lowest BCUT2D eigenvalue weighted by molar-refractivity contribution is -0.131. The normalized spacial score (nSPS) is 10.7. The third-order valence-electron chi connectivity index (χ3n) is 2.64. The molecular formula is C14H14N4O3. The zero-order valence-corrected chi connectivity index (χ0v) is 11.1. The highest BCUT2D eigenvalue weighted by atomic mass is 16.4. The van der Waals surface area contributed by atoms with E-state index in [1.807, 2.05) is 12.1 Å². The third kappa shape index (κ3) is 4.90. The molecule has 0 saturated heterocycles. The van der Waals surface area contributed by atoms with Crippen molar-refractivity contribution in [3.63, 3.8) is 0 Å². The average Bonchev–Trinajstić information content (AvgIpc) is 2.96. The maximum absolute atomic E-state index is 11.7. The Morgan fingerprint density at radius 1 is 1.38 bits per heavy atom. The first-order valence-electron chi connectivity index (χ1n) is 6.24. The number of hydrogen-bond acceptors (Lipinski definition) is 4. The van der Waals surface area contributed by atoms with Gasteiger partial charge >= 0.3 is 5.97 Å². The van der Waals surface area contributed by atoms with Crippen LogP contribution in [0.5, 0.6) is 0 Å². The molecule has 0 bridgehead atoms. The Kier molecular flexibility index (Phi) is 4.81. The van der Waals surface area contributed by atoms with E-state index < -0.39 is 5.97 Å². The molecule has 7 heteroatoms. The van der Waals surface area contributed by atoms with Gasteiger partial charge in [-0.25, -0.2) is 9.48 Å². The van der Waals surface area contributed by atoms with E-state index in [2.05, 4.69) is 15.6 Å². The standard InChI is InChI=1S/C14H14N4O3/c19-13(10-18-7-6-16-17-18)15-9-12-3-1-2-11(8-12)4-5-14(20)21/h1-8H,9-10H2,(H,15,19)(H,20,21)/b5-4+. The van der Waals surface area contributed by atoms with Gasteiger partial charge in [-0.05, 0) is 23.3 Å². The molecule has 0 aliphatic heterocycles. The number of amides is 1. The monoisotopic (exact) mass is 286 g/mol. The van der Waals surface area contributed by atoms with Crippen LogP contribution in [0.2, 0.25) is 0 Å². The molecule has 2 rings (SSSR count). The summed E-state index contributed by atoms with van der Waals surface area (Å²) in [6, 6.07) is 7.27. The van der Waals surface area contributed by atoms with Crippen molar-refractivity contribution >= 4 is 18.0 Å². The zero-order chi connectivity index (χ0) is 15.1. The van der Waals surface area contributed by atoms with Crippen LogP contribution < -0.4 is 5.32 Å². The number of hydrogen-bond donors (Lipinski definition) is 2. The molecular weight excluding hydrogens is 272 g/mol. The quantitative estimate of drug-likeness (QED) is 0.762. The Bertz CT molecular complexity index is 650. The average molecular weight is 286 g/mol. The molecule has 0 aliphatic carbocycles. The number of carbonyl (C=O) groups is 2. The SMILES string of the molecule is O=C(O)/C=C/c1cccc(CNC(=O)Cn2ccnn2)c1. The van der Waals surface area contributed by atoms with Gasteiger partial charge in [-0.2, -0.15) is 0 Å². The van der Waals surface area contributed by atoms with Gasteiger partial charge in [-0.15, -0.1) is 5.10 Å². The van der Waals surface area contributed by atoms with Gasteiger partial charge < -0.3 is 10.4 Å². The Hall–Kier alpha value is -2.96. The molecule has 0 radical (unpaired) electrons. The van der Waals surface area contributed by atoms with Crippen molar-refractivity contribution in [1.29, 1.82) is 0 Å². The summed E-state index contributed by atoms with van der Waals surface area (Å²) in [5, 5.41) is 18.7. The molecule has 0 unspecified atom stereocenters. The fourth-order valence-corrected chi connectivity index (χ4v) is 1.69. The first-order valence-corrected chi connectivity index (χ1v) is 6.24. The summed E-state index contributed by atoms with van der Waals surface area (Å²) in [6.07, 6.45) is 5.69. The van der Waals surface area contributed by atoms with Crippen LogP contribution in [0.15, 0.2) is 42.7 Å². The van der Waals surface area contributed by atoms with Crippen LogP contribution in [-0.2, 0) is 22.7 Å². The Morgan fingerprint density at radius 2 is 2.24 bits per heavy atom. The summed E-state index contributed by atoms with van der Waals surface area (Å²) in [4.78, 5) is 22.2. The van der Waals surface area contributed by atoms with Gasteiger partial charge in [0, 0.05) is 18.8 Å². The van der Waals surface area contributed by atoms with E-state index in [1.54, 1.807) is 18.3 Å². The number of carboxylic acid groups (broad SMARTS) is 1. The van der Waals surface area contributed by atoms with E-state index in [9.17, 15) is 9.59 Å². The van der Waals surface area contributed by atoms with Crippen molar-refractivity contribution in [1.82, 2.24) is 20.3 Å². The zero-order valence-electron chi connectivity index (χ0n) is 11.1. The second kappa shape index (κ2) is 6.99. The van der Waals surface area contributed by atoms with Crippen LogP contribution in [0.1, 0.15) is 11.1 Å². The maximum Gasteiger partial charge on any atom is 0.328 e. The van der Waals surface area contributed by atoms with Gasteiger partial charge in [-0.3, -0.25) is 4.79 Å². The highest BCUT2D eigenvalue weighted by Gasteiger charge is 2.03. The second-order valence-electron chi connectivity index (χ2n) is 4.29. The smallest absolute Gasteiger partial charge is 0.328 e. The molecule has 0 fully saturated rings. The molecule has 0 saturated carbocycles. The molecule has 108 valence electrons. The van der Waals surface area contributed by atoms with Gasteiger partial charge in [0.2, 0.25) is 5.91 Å². The van der Waals surface area contributed by atoms with Crippen LogP contribution in [0.25, 0.3) is 6.08 Å². The van der Waals surface area contributed by atoms with E-state index in [0.717, 1.165) is 17.2 Å². The number of carboxylic acids is 1. The van der Waals surface area contributed by atoms with E-state index in [-0.39, 0.29) is 12.5 Å². The molecule has 0 atom stereocenters. The minimum Gasteiger partial charge on any atom is -0.478 e. The summed E-state index contributed by atoms with van der Waals surface area (Å²) < 4.78 is 1.43. The molecule has 7 nitrogen and oxygen atoms in total. The number of carbonyl (C=O) groups excluding carboxylic acids is 1. The third-order valence-corrected chi connectivity index (χ3v) is 2.64. The predicted octanol–water partition coefficient (Wildman–Crippen LogP) is 0.692. The molecule has 1 amide bonds. The topological polar surface area (TPSA) is 97.1 Å². The van der Waals surface area contributed by atoms with Crippen LogP contribution >= 0.6 is 0 Å². The van der Waals surface area contributed by atoms with Crippen molar-refractivity contribution in [3.8, 4) is 0 Å². The summed E-state index contributed by atoms with van der Waals surface area (Å²) in [6.45, 7) is 0.473. The predicted molar refractivity (Wildman–Crippen MR) is 75.0 cm³/mol. The minimum atomic E-state index is -0.999. The molecule has 0 spiro atoms. The van der Waals surface area contributed by atoms with Gasteiger partial charge in [0.1, 0.15) is 6.54 Å². The fourth-order valence-electron chi connectivity index (χ4n) is 1.69. The number of benzene rings is 1. The second-order valence-corrected chi connectivity index (χ2v) is 4.29. The first-order chi connectivity index (χ1) is 10.1. The van der Waals surface area contributed by atoms with Crippen LogP contribution in [0, 0.1) is 0 Å². The number of nitrogens with one attached hydrogen (secondary N) is 1. The van der Waals surface area contributed by atoms with Gasteiger partial charge in [0.05, 0.1) is 6.20 Å². The van der Waals surface area contributed by atoms with Crippen molar-refractivity contribution in [2.45, 2.75) is 13.1 Å². The lowest BCUT2D eigenvalue weighted by Crippen LogP contribution is -2.27. The lowest BCUT2D eigenvalue weighted by Gasteiger charge is -2.06. The van der Waals surface area contributed by atoms with Crippen LogP contribution in [0.3, 0.4) is 0 Å². The Balaban J connectivity index is 1.89.